The Bertz CT molecular complexity index is 699. The Labute approximate surface area is 149 Å². The van der Waals surface area contributed by atoms with Gasteiger partial charge in [-0.1, -0.05) is 12.1 Å². The van der Waals surface area contributed by atoms with Crippen LogP contribution in [0.1, 0.15) is 41.5 Å². The molecule has 4 nitrogen and oxygen atoms in total. The summed E-state index contributed by atoms with van der Waals surface area (Å²) in [5.41, 5.74) is 3.58. The smallest absolute Gasteiger partial charge is 0.125 e. The van der Waals surface area contributed by atoms with E-state index in [0.29, 0.717) is 6.04 Å². The third-order valence-electron chi connectivity index (χ3n) is 4.79. The van der Waals surface area contributed by atoms with Gasteiger partial charge in [-0.05, 0) is 64.5 Å². The number of rotatable bonds is 6. The predicted molar refractivity (Wildman–Crippen MR) is 97.8 cm³/mol. The zero-order chi connectivity index (χ0) is 17.8. The SMILES string of the molecule is Cc1ncc(CN(C)C)c([C@H]2CCCN2CCc2ccc(F)cc2)n1. The molecule has 0 amide bonds. The van der Waals surface area contributed by atoms with Crippen LogP contribution in [0.3, 0.4) is 0 Å². The van der Waals surface area contributed by atoms with E-state index in [9.17, 15) is 4.39 Å². The number of halogens is 1. The van der Waals surface area contributed by atoms with Gasteiger partial charge in [0.05, 0.1) is 11.7 Å². The highest BCUT2D eigenvalue weighted by atomic mass is 19.1. The Hall–Kier alpha value is -1.85. The molecule has 134 valence electrons. The van der Waals surface area contributed by atoms with Crippen molar-refractivity contribution in [2.75, 3.05) is 27.2 Å². The van der Waals surface area contributed by atoms with E-state index in [1.165, 1.54) is 23.2 Å². The molecule has 2 heterocycles. The molecule has 1 aromatic heterocycles. The fourth-order valence-electron chi connectivity index (χ4n) is 3.59. The van der Waals surface area contributed by atoms with Crippen LogP contribution in [0.25, 0.3) is 0 Å². The van der Waals surface area contributed by atoms with Gasteiger partial charge in [-0.25, -0.2) is 14.4 Å². The summed E-state index contributed by atoms with van der Waals surface area (Å²) in [6.07, 6.45) is 5.25. The number of likely N-dealkylation sites (tertiary alicyclic amines) is 1. The quantitative estimate of drug-likeness (QED) is 0.806. The van der Waals surface area contributed by atoms with E-state index in [2.05, 4.69) is 28.9 Å². The Balaban J connectivity index is 1.74. The van der Waals surface area contributed by atoms with Crippen LogP contribution in [0.4, 0.5) is 4.39 Å². The van der Waals surface area contributed by atoms with Crippen LogP contribution in [0, 0.1) is 12.7 Å². The zero-order valence-electron chi connectivity index (χ0n) is 15.4. The first-order valence-corrected chi connectivity index (χ1v) is 8.98. The first-order chi connectivity index (χ1) is 12.0. The molecule has 0 aliphatic carbocycles. The molecule has 0 saturated carbocycles. The Morgan fingerprint density at radius 1 is 1.24 bits per heavy atom. The van der Waals surface area contributed by atoms with Gasteiger partial charge < -0.3 is 4.90 Å². The summed E-state index contributed by atoms with van der Waals surface area (Å²) in [4.78, 5) is 13.9. The largest absolute Gasteiger partial charge is 0.305 e. The summed E-state index contributed by atoms with van der Waals surface area (Å²) in [5, 5.41) is 0. The fraction of sp³-hybridized carbons (Fsp3) is 0.500. The van der Waals surface area contributed by atoms with Crippen molar-refractivity contribution in [3.8, 4) is 0 Å². The molecule has 1 aliphatic heterocycles. The third-order valence-corrected chi connectivity index (χ3v) is 4.79. The standard InChI is InChI=1S/C20H27FN4/c1-15-22-13-17(14-24(2)3)20(23-15)19-5-4-11-25(19)12-10-16-6-8-18(21)9-7-16/h6-9,13,19H,4-5,10-12,14H2,1-3H3/t19-/m1/s1. The molecular weight excluding hydrogens is 315 g/mol. The number of hydrogen-bond acceptors (Lipinski definition) is 4. The molecule has 25 heavy (non-hydrogen) atoms. The lowest BCUT2D eigenvalue weighted by molar-refractivity contribution is 0.252. The van der Waals surface area contributed by atoms with Crippen LogP contribution in [-0.4, -0.2) is 47.0 Å². The van der Waals surface area contributed by atoms with Crippen molar-refractivity contribution in [2.24, 2.45) is 0 Å². The summed E-state index contributed by atoms with van der Waals surface area (Å²) in [6, 6.07) is 7.20. The maximum atomic E-state index is 13.1. The summed E-state index contributed by atoms with van der Waals surface area (Å²) < 4.78 is 13.1. The first kappa shape index (κ1) is 18.0. The van der Waals surface area contributed by atoms with Crippen molar-refractivity contribution >= 4 is 0 Å². The van der Waals surface area contributed by atoms with Gasteiger partial charge in [0.2, 0.25) is 0 Å². The number of benzene rings is 1. The Kier molecular flexibility index (Phi) is 5.76. The second-order valence-corrected chi connectivity index (χ2v) is 7.14. The van der Waals surface area contributed by atoms with E-state index < -0.39 is 0 Å². The summed E-state index contributed by atoms with van der Waals surface area (Å²) in [7, 11) is 4.15. The summed E-state index contributed by atoms with van der Waals surface area (Å²) >= 11 is 0. The first-order valence-electron chi connectivity index (χ1n) is 8.98. The predicted octanol–water partition coefficient (Wildman–Crippen LogP) is 3.37. The highest BCUT2D eigenvalue weighted by Crippen LogP contribution is 2.33. The second kappa shape index (κ2) is 8.02. The third kappa shape index (κ3) is 4.61. The van der Waals surface area contributed by atoms with E-state index in [4.69, 9.17) is 4.98 Å². The minimum absolute atomic E-state index is 0.174. The molecule has 0 N–H and O–H groups in total. The van der Waals surface area contributed by atoms with Crippen LogP contribution in [0.5, 0.6) is 0 Å². The Morgan fingerprint density at radius 2 is 2.00 bits per heavy atom. The molecule has 1 atom stereocenters. The lowest BCUT2D eigenvalue weighted by atomic mass is 10.0. The van der Waals surface area contributed by atoms with E-state index in [0.717, 1.165) is 38.3 Å². The lowest BCUT2D eigenvalue weighted by Gasteiger charge is -2.26. The van der Waals surface area contributed by atoms with Crippen LogP contribution < -0.4 is 0 Å². The van der Waals surface area contributed by atoms with Gasteiger partial charge >= 0.3 is 0 Å². The number of nitrogens with zero attached hydrogens (tertiary/aromatic N) is 4. The van der Waals surface area contributed by atoms with E-state index >= 15 is 0 Å². The van der Waals surface area contributed by atoms with Crippen molar-refractivity contribution < 1.29 is 4.39 Å². The van der Waals surface area contributed by atoms with Crippen LogP contribution in [0.2, 0.25) is 0 Å². The van der Waals surface area contributed by atoms with Crippen molar-refractivity contribution in [3.05, 3.63) is 58.9 Å². The van der Waals surface area contributed by atoms with Gasteiger partial charge in [-0.15, -0.1) is 0 Å². The van der Waals surface area contributed by atoms with Crippen molar-refractivity contribution in [2.45, 2.75) is 38.8 Å². The topological polar surface area (TPSA) is 32.3 Å². The molecule has 2 aromatic rings. The van der Waals surface area contributed by atoms with Crippen LogP contribution in [0.15, 0.2) is 30.5 Å². The lowest BCUT2D eigenvalue weighted by Crippen LogP contribution is -2.28. The summed E-state index contributed by atoms with van der Waals surface area (Å²) in [6.45, 7) is 4.88. The van der Waals surface area contributed by atoms with E-state index in [1.54, 1.807) is 12.1 Å². The molecule has 0 unspecified atom stereocenters. The maximum Gasteiger partial charge on any atom is 0.125 e. The van der Waals surface area contributed by atoms with Gasteiger partial charge in [-0.2, -0.15) is 0 Å². The van der Waals surface area contributed by atoms with Crippen molar-refractivity contribution in [1.82, 2.24) is 19.8 Å². The van der Waals surface area contributed by atoms with E-state index in [1.807, 2.05) is 25.3 Å². The minimum atomic E-state index is -0.174. The van der Waals surface area contributed by atoms with Gasteiger partial charge in [-0.3, -0.25) is 4.90 Å². The van der Waals surface area contributed by atoms with Gasteiger partial charge in [0.25, 0.3) is 0 Å². The molecule has 0 bridgehead atoms. The fourth-order valence-corrected chi connectivity index (χ4v) is 3.59. The molecule has 0 radical (unpaired) electrons. The molecule has 1 fully saturated rings. The minimum Gasteiger partial charge on any atom is -0.305 e. The maximum absolute atomic E-state index is 13.1. The van der Waals surface area contributed by atoms with Gasteiger partial charge in [0.15, 0.2) is 0 Å². The average molecular weight is 342 g/mol. The average Bonchev–Trinajstić information content (AvgIpc) is 3.04. The van der Waals surface area contributed by atoms with E-state index in [-0.39, 0.29) is 5.82 Å². The molecule has 1 aromatic carbocycles. The normalized spacial score (nSPS) is 18.2. The number of aryl methyl sites for hydroxylation is 1. The molecule has 5 heteroatoms. The molecule has 3 rings (SSSR count). The zero-order valence-corrected chi connectivity index (χ0v) is 15.4. The number of hydrogen-bond donors (Lipinski definition) is 0. The second-order valence-electron chi connectivity index (χ2n) is 7.14. The van der Waals surface area contributed by atoms with Crippen molar-refractivity contribution in [3.63, 3.8) is 0 Å². The molecule has 1 aliphatic rings. The van der Waals surface area contributed by atoms with Gasteiger partial charge in [0.1, 0.15) is 11.6 Å². The monoisotopic (exact) mass is 342 g/mol. The number of aromatic nitrogens is 2. The molecular formula is C20H27FN4. The van der Waals surface area contributed by atoms with Crippen LogP contribution >= 0.6 is 0 Å². The van der Waals surface area contributed by atoms with Gasteiger partial charge in [0, 0.05) is 24.8 Å². The summed E-state index contributed by atoms with van der Waals surface area (Å²) in [5.74, 6) is 0.662. The van der Waals surface area contributed by atoms with Crippen molar-refractivity contribution in [1.29, 1.82) is 0 Å². The molecule has 1 saturated heterocycles. The highest BCUT2D eigenvalue weighted by Gasteiger charge is 2.29. The Morgan fingerprint density at radius 3 is 2.72 bits per heavy atom. The van der Waals surface area contributed by atoms with Crippen LogP contribution in [-0.2, 0) is 13.0 Å². The highest BCUT2D eigenvalue weighted by molar-refractivity contribution is 5.23. The molecule has 0 spiro atoms.